The highest BCUT2D eigenvalue weighted by Gasteiger charge is 2.14. The summed E-state index contributed by atoms with van der Waals surface area (Å²) in [5, 5.41) is 2.45. The number of rotatable bonds is 5. The van der Waals surface area contributed by atoms with E-state index in [2.05, 4.69) is 46.3 Å². The highest BCUT2D eigenvalue weighted by Crippen LogP contribution is 2.32. The van der Waals surface area contributed by atoms with E-state index in [9.17, 15) is 0 Å². The third-order valence-electron chi connectivity index (χ3n) is 3.12. The first-order valence-corrected chi connectivity index (χ1v) is 6.76. The topological polar surface area (TPSA) is 18.5 Å². The molecule has 0 radical (unpaired) electrons. The molecule has 2 aromatic carbocycles. The number of hydrogen-bond donors (Lipinski definition) is 0. The summed E-state index contributed by atoms with van der Waals surface area (Å²) in [6.45, 7) is 0.697. The smallest absolute Gasteiger partial charge is 0.0849 e. The van der Waals surface area contributed by atoms with Crippen LogP contribution in [0.4, 0.5) is 0 Å². The van der Waals surface area contributed by atoms with Gasteiger partial charge in [0.1, 0.15) is 0 Å². The monoisotopic (exact) mass is 308 g/mol. The fourth-order valence-electron chi connectivity index (χ4n) is 2.19. The van der Waals surface area contributed by atoms with Crippen LogP contribution in [0.3, 0.4) is 0 Å². The Bertz CT molecular complexity index is 525. The summed E-state index contributed by atoms with van der Waals surface area (Å²) in [6.07, 6.45) is 0.932. The molecule has 0 saturated carbocycles. The number of halogens is 1. The van der Waals surface area contributed by atoms with Crippen LogP contribution in [0.2, 0.25) is 0 Å². The van der Waals surface area contributed by atoms with Crippen molar-refractivity contribution in [1.29, 1.82) is 0 Å². The van der Waals surface area contributed by atoms with E-state index in [4.69, 9.17) is 9.47 Å². The summed E-state index contributed by atoms with van der Waals surface area (Å²) in [5.41, 5.74) is 1.22. The van der Waals surface area contributed by atoms with Crippen LogP contribution in [-0.4, -0.2) is 20.8 Å². The minimum atomic E-state index is 0.0722. The van der Waals surface area contributed by atoms with E-state index < -0.39 is 0 Å². The lowest BCUT2D eigenvalue weighted by molar-refractivity contribution is 0.0671. The third kappa shape index (κ3) is 2.74. The predicted octanol–water partition coefficient (Wildman–Crippen LogP) is 4.33. The van der Waals surface area contributed by atoms with Gasteiger partial charge in [-0.1, -0.05) is 46.3 Å². The van der Waals surface area contributed by atoms with E-state index in [0.717, 1.165) is 10.9 Å². The molecule has 96 valence electrons. The highest BCUT2D eigenvalue weighted by atomic mass is 79.9. The molecule has 0 aliphatic carbocycles. The van der Waals surface area contributed by atoms with Gasteiger partial charge in [0.15, 0.2) is 0 Å². The Morgan fingerprint density at radius 1 is 1.06 bits per heavy atom. The number of benzene rings is 2. The first-order chi connectivity index (χ1) is 8.77. The van der Waals surface area contributed by atoms with Gasteiger partial charge in [-0.15, -0.1) is 0 Å². The van der Waals surface area contributed by atoms with E-state index in [1.807, 2.05) is 6.07 Å². The van der Waals surface area contributed by atoms with Crippen LogP contribution in [0, 0.1) is 0 Å². The zero-order chi connectivity index (χ0) is 13.0. The van der Waals surface area contributed by atoms with Crippen molar-refractivity contribution < 1.29 is 9.47 Å². The van der Waals surface area contributed by atoms with Crippen LogP contribution in [0.5, 0.6) is 0 Å². The zero-order valence-electron chi connectivity index (χ0n) is 10.7. The van der Waals surface area contributed by atoms with Gasteiger partial charge in [0.2, 0.25) is 0 Å². The second-order valence-corrected chi connectivity index (χ2v) is 5.04. The second kappa shape index (κ2) is 6.32. The molecule has 0 aliphatic heterocycles. The van der Waals surface area contributed by atoms with Crippen molar-refractivity contribution in [2.45, 2.75) is 12.5 Å². The lowest BCUT2D eigenvalue weighted by Crippen LogP contribution is -2.05. The fourth-order valence-corrected chi connectivity index (χ4v) is 2.67. The Balaban J connectivity index is 2.46. The van der Waals surface area contributed by atoms with Crippen LogP contribution >= 0.6 is 15.9 Å². The number of hydrogen-bond acceptors (Lipinski definition) is 2. The molecule has 0 heterocycles. The van der Waals surface area contributed by atoms with Crippen LogP contribution in [0.1, 0.15) is 18.1 Å². The van der Waals surface area contributed by atoms with Crippen molar-refractivity contribution in [1.82, 2.24) is 0 Å². The zero-order valence-corrected chi connectivity index (χ0v) is 12.2. The Kier molecular flexibility index (Phi) is 4.75. The number of fused-ring (bicyclic) bond motifs is 1. The van der Waals surface area contributed by atoms with Gasteiger partial charge in [0, 0.05) is 31.7 Å². The summed E-state index contributed by atoms with van der Waals surface area (Å²) in [5.74, 6) is 0. The molecule has 0 saturated heterocycles. The summed E-state index contributed by atoms with van der Waals surface area (Å²) in [4.78, 5) is 0. The molecule has 2 aromatic rings. The van der Waals surface area contributed by atoms with Crippen LogP contribution < -0.4 is 0 Å². The van der Waals surface area contributed by atoms with Crippen molar-refractivity contribution >= 4 is 26.7 Å². The summed E-state index contributed by atoms with van der Waals surface area (Å²) < 4.78 is 11.8. The molecule has 0 aliphatic rings. The van der Waals surface area contributed by atoms with Gasteiger partial charge in [-0.05, 0) is 22.4 Å². The first kappa shape index (κ1) is 13.5. The molecule has 18 heavy (non-hydrogen) atoms. The first-order valence-electron chi connectivity index (χ1n) is 5.96. The van der Waals surface area contributed by atoms with Crippen molar-refractivity contribution in [3.63, 3.8) is 0 Å². The normalized spacial score (nSPS) is 12.8. The largest absolute Gasteiger partial charge is 0.385 e. The van der Waals surface area contributed by atoms with Crippen molar-refractivity contribution in [2.75, 3.05) is 20.8 Å². The number of methoxy groups -OCH3 is 2. The van der Waals surface area contributed by atoms with E-state index in [-0.39, 0.29) is 6.10 Å². The summed E-state index contributed by atoms with van der Waals surface area (Å²) in [7, 11) is 3.46. The molecule has 3 heteroatoms. The van der Waals surface area contributed by atoms with Gasteiger partial charge >= 0.3 is 0 Å². The van der Waals surface area contributed by atoms with E-state index in [0.29, 0.717) is 6.61 Å². The lowest BCUT2D eigenvalue weighted by atomic mass is 9.99. The average Bonchev–Trinajstić information content (AvgIpc) is 2.42. The lowest BCUT2D eigenvalue weighted by Gasteiger charge is -2.18. The predicted molar refractivity (Wildman–Crippen MR) is 77.9 cm³/mol. The van der Waals surface area contributed by atoms with E-state index in [1.165, 1.54) is 16.3 Å². The number of ether oxygens (including phenoxy) is 2. The Labute approximate surface area is 116 Å². The molecule has 2 nitrogen and oxygen atoms in total. The maximum Gasteiger partial charge on any atom is 0.0849 e. The van der Waals surface area contributed by atoms with Crippen molar-refractivity contribution in [3.8, 4) is 0 Å². The van der Waals surface area contributed by atoms with Crippen molar-refractivity contribution in [3.05, 3.63) is 46.4 Å². The molecular formula is C15H17BrO2. The van der Waals surface area contributed by atoms with Gasteiger partial charge in [0.05, 0.1) is 6.10 Å². The minimum Gasteiger partial charge on any atom is -0.385 e. The Morgan fingerprint density at radius 2 is 1.78 bits per heavy atom. The second-order valence-electron chi connectivity index (χ2n) is 4.19. The SMILES string of the molecule is COCCC(OC)c1ccc(Br)c2ccccc12. The highest BCUT2D eigenvalue weighted by molar-refractivity contribution is 9.10. The minimum absolute atomic E-state index is 0.0722. The van der Waals surface area contributed by atoms with Gasteiger partial charge in [-0.3, -0.25) is 0 Å². The molecule has 0 spiro atoms. The maximum absolute atomic E-state index is 5.59. The van der Waals surface area contributed by atoms with E-state index >= 15 is 0 Å². The van der Waals surface area contributed by atoms with Gasteiger partial charge < -0.3 is 9.47 Å². The van der Waals surface area contributed by atoms with Crippen LogP contribution in [-0.2, 0) is 9.47 Å². The quantitative estimate of drug-likeness (QED) is 0.818. The molecular weight excluding hydrogens is 292 g/mol. The van der Waals surface area contributed by atoms with Gasteiger partial charge in [-0.2, -0.15) is 0 Å². The van der Waals surface area contributed by atoms with Gasteiger partial charge in [0.25, 0.3) is 0 Å². The Hall–Kier alpha value is -0.900. The molecule has 1 atom stereocenters. The molecule has 0 amide bonds. The maximum atomic E-state index is 5.59. The summed E-state index contributed by atoms with van der Waals surface area (Å²) >= 11 is 3.59. The van der Waals surface area contributed by atoms with E-state index in [1.54, 1.807) is 14.2 Å². The average molecular weight is 309 g/mol. The molecule has 1 unspecified atom stereocenters. The third-order valence-corrected chi connectivity index (χ3v) is 3.81. The fraction of sp³-hybridized carbons (Fsp3) is 0.333. The van der Waals surface area contributed by atoms with Crippen LogP contribution in [0.15, 0.2) is 40.9 Å². The molecule has 0 bridgehead atoms. The molecule has 0 N–H and O–H groups in total. The molecule has 2 rings (SSSR count). The standard InChI is InChI=1S/C15H17BrO2/c1-17-10-9-15(18-2)13-7-8-14(16)12-6-4-3-5-11(12)13/h3-8,15H,9-10H2,1-2H3. The molecule has 0 aromatic heterocycles. The van der Waals surface area contributed by atoms with Crippen LogP contribution in [0.25, 0.3) is 10.8 Å². The van der Waals surface area contributed by atoms with Gasteiger partial charge in [-0.25, -0.2) is 0 Å². The molecule has 0 fully saturated rings. The summed E-state index contributed by atoms with van der Waals surface area (Å²) in [6, 6.07) is 12.6. The Morgan fingerprint density at radius 3 is 2.44 bits per heavy atom. The van der Waals surface area contributed by atoms with Crippen molar-refractivity contribution in [2.24, 2.45) is 0 Å².